The summed E-state index contributed by atoms with van der Waals surface area (Å²) in [5.74, 6) is 0.636. The summed E-state index contributed by atoms with van der Waals surface area (Å²) < 4.78 is 42.3. The van der Waals surface area contributed by atoms with Gasteiger partial charge in [-0.1, -0.05) is 0 Å². The number of aromatic nitrogens is 1. The number of pyridine rings is 1. The Balaban J connectivity index is 1.40. The number of sulfone groups is 1. The second-order valence-electron chi connectivity index (χ2n) is 9.12. The van der Waals surface area contributed by atoms with Crippen molar-refractivity contribution in [2.45, 2.75) is 68.2 Å². The molecular formula is C23H28FN3O4S. The van der Waals surface area contributed by atoms with Gasteiger partial charge in [0.2, 0.25) is 0 Å². The highest BCUT2D eigenvalue weighted by Gasteiger charge is 2.43. The standard InChI is InChI=1S/C23H28FN3O4S/c1-23(2,31-19-8-4-15(24)5-9-19)22(28)26-16-12-17-6-7-18(13-16)27(17)21-11-10-20(14-25-21)32(3,29)30/h4-5,8-11,14,16-18H,6-7,12-13H2,1-3H3,(H,26,28). The van der Waals surface area contributed by atoms with Crippen LogP contribution in [0.3, 0.4) is 0 Å². The minimum atomic E-state index is -3.28. The van der Waals surface area contributed by atoms with Crippen molar-refractivity contribution in [1.29, 1.82) is 0 Å². The molecule has 3 heterocycles. The molecule has 0 spiro atoms. The minimum absolute atomic E-state index is 0.0163. The average molecular weight is 462 g/mol. The summed E-state index contributed by atoms with van der Waals surface area (Å²) in [7, 11) is -3.28. The number of nitrogens with one attached hydrogen (secondary N) is 1. The van der Waals surface area contributed by atoms with Gasteiger partial charge in [-0.15, -0.1) is 0 Å². The fourth-order valence-corrected chi connectivity index (χ4v) is 5.18. The number of amides is 1. The highest BCUT2D eigenvalue weighted by molar-refractivity contribution is 7.90. The Labute approximate surface area is 187 Å². The molecule has 2 aliphatic rings. The Morgan fingerprint density at radius 1 is 1.12 bits per heavy atom. The normalized spacial score (nSPS) is 23.1. The highest BCUT2D eigenvalue weighted by atomic mass is 32.2. The first-order chi connectivity index (χ1) is 15.0. The number of carbonyl (C=O) groups excluding carboxylic acids is 1. The number of hydrogen-bond acceptors (Lipinski definition) is 6. The van der Waals surface area contributed by atoms with E-state index in [2.05, 4.69) is 15.2 Å². The molecule has 2 bridgehead atoms. The van der Waals surface area contributed by atoms with Gasteiger partial charge < -0.3 is 15.0 Å². The number of rotatable bonds is 6. The molecule has 0 radical (unpaired) electrons. The monoisotopic (exact) mass is 461 g/mol. The van der Waals surface area contributed by atoms with Crippen molar-refractivity contribution in [3.8, 4) is 5.75 Å². The predicted molar refractivity (Wildman–Crippen MR) is 119 cm³/mol. The fraction of sp³-hybridized carbons (Fsp3) is 0.478. The Bertz CT molecular complexity index is 1070. The minimum Gasteiger partial charge on any atom is -0.478 e. The number of nitrogens with zero attached hydrogens (tertiary/aromatic N) is 2. The number of anilines is 1. The molecule has 1 aromatic heterocycles. The molecule has 1 aromatic carbocycles. The molecule has 0 saturated carbocycles. The molecule has 0 aliphatic carbocycles. The second-order valence-corrected chi connectivity index (χ2v) is 11.1. The molecule has 9 heteroatoms. The molecule has 2 aliphatic heterocycles. The molecule has 2 aromatic rings. The zero-order valence-electron chi connectivity index (χ0n) is 18.4. The van der Waals surface area contributed by atoms with Gasteiger partial charge in [-0.3, -0.25) is 4.79 Å². The lowest BCUT2D eigenvalue weighted by molar-refractivity contribution is -0.135. The molecule has 32 heavy (non-hydrogen) atoms. The van der Waals surface area contributed by atoms with Crippen molar-refractivity contribution in [2.75, 3.05) is 11.2 Å². The zero-order valence-corrected chi connectivity index (χ0v) is 19.2. The third-order valence-electron chi connectivity index (χ3n) is 6.22. The lowest BCUT2D eigenvalue weighted by atomic mass is 9.96. The van der Waals surface area contributed by atoms with Crippen LogP contribution in [0.2, 0.25) is 0 Å². The van der Waals surface area contributed by atoms with Crippen LogP contribution < -0.4 is 15.0 Å². The Kier molecular flexibility index (Phi) is 5.87. The Hall–Kier alpha value is -2.68. The van der Waals surface area contributed by atoms with Crippen molar-refractivity contribution in [3.05, 3.63) is 48.4 Å². The first-order valence-corrected chi connectivity index (χ1v) is 12.6. The summed E-state index contributed by atoms with van der Waals surface area (Å²) in [4.78, 5) is 19.8. The molecule has 2 atom stereocenters. The zero-order chi connectivity index (χ0) is 23.1. The number of piperidine rings is 1. The van der Waals surface area contributed by atoms with Crippen LogP contribution in [-0.4, -0.2) is 49.3 Å². The molecule has 1 amide bonds. The molecule has 4 rings (SSSR count). The maximum atomic E-state index is 13.1. The molecule has 2 saturated heterocycles. The SMILES string of the molecule is CC(C)(Oc1ccc(F)cc1)C(=O)NC1CC2CCC(C1)N2c1ccc(S(C)(=O)=O)cn1. The van der Waals surface area contributed by atoms with E-state index in [9.17, 15) is 17.6 Å². The lowest BCUT2D eigenvalue weighted by Crippen LogP contribution is -2.55. The van der Waals surface area contributed by atoms with E-state index in [1.54, 1.807) is 26.0 Å². The molecular weight excluding hydrogens is 433 g/mol. The summed E-state index contributed by atoms with van der Waals surface area (Å²) in [6.45, 7) is 3.39. The Morgan fingerprint density at radius 2 is 1.75 bits per heavy atom. The van der Waals surface area contributed by atoms with Crippen molar-refractivity contribution in [1.82, 2.24) is 10.3 Å². The second kappa shape index (κ2) is 8.35. The van der Waals surface area contributed by atoms with Crippen LogP contribution in [0, 0.1) is 5.82 Å². The summed E-state index contributed by atoms with van der Waals surface area (Å²) in [6, 6.07) is 9.45. The van der Waals surface area contributed by atoms with E-state index in [1.165, 1.54) is 36.7 Å². The van der Waals surface area contributed by atoms with E-state index in [-0.39, 0.29) is 34.7 Å². The van der Waals surface area contributed by atoms with Gasteiger partial charge in [0.25, 0.3) is 5.91 Å². The van der Waals surface area contributed by atoms with E-state index in [0.29, 0.717) is 5.75 Å². The van der Waals surface area contributed by atoms with Crippen molar-refractivity contribution < 1.29 is 22.3 Å². The van der Waals surface area contributed by atoms with E-state index in [0.717, 1.165) is 31.5 Å². The third-order valence-corrected chi connectivity index (χ3v) is 7.31. The van der Waals surface area contributed by atoms with Crippen LogP contribution >= 0.6 is 0 Å². The van der Waals surface area contributed by atoms with Gasteiger partial charge in [0.15, 0.2) is 15.4 Å². The van der Waals surface area contributed by atoms with Crippen LogP contribution in [0.4, 0.5) is 10.2 Å². The predicted octanol–water partition coefficient (Wildman–Crippen LogP) is 3.10. The smallest absolute Gasteiger partial charge is 0.263 e. The third kappa shape index (κ3) is 4.72. The number of benzene rings is 1. The summed E-state index contributed by atoms with van der Waals surface area (Å²) >= 11 is 0. The fourth-order valence-electron chi connectivity index (χ4n) is 4.62. The lowest BCUT2D eigenvalue weighted by Gasteiger charge is -2.40. The van der Waals surface area contributed by atoms with Crippen molar-refractivity contribution >= 4 is 21.6 Å². The number of fused-ring (bicyclic) bond motifs is 2. The molecule has 1 N–H and O–H groups in total. The first kappa shape index (κ1) is 22.5. The van der Waals surface area contributed by atoms with Crippen LogP contribution in [-0.2, 0) is 14.6 Å². The topological polar surface area (TPSA) is 88.6 Å². The van der Waals surface area contributed by atoms with Gasteiger partial charge >= 0.3 is 0 Å². The van der Waals surface area contributed by atoms with Crippen LogP contribution in [0.25, 0.3) is 0 Å². The van der Waals surface area contributed by atoms with Gasteiger partial charge in [0, 0.05) is 30.6 Å². The molecule has 2 fully saturated rings. The number of halogens is 1. The van der Waals surface area contributed by atoms with E-state index in [1.807, 2.05) is 0 Å². The van der Waals surface area contributed by atoms with Gasteiger partial charge in [0.1, 0.15) is 17.4 Å². The van der Waals surface area contributed by atoms with Gasteiger partial charge in [-0.05, 0) is 75.9 Å². The van der Waals surface area contributed by atoms with E-state index < -0.39 is 15.4 Å². The first-order valence-electron chi connectivity index (χ1n) is 10.7. The van der Waals surface area contributed by atoms with Crippen molar-refractivity contribution in [3.63, 3.8) is 0 Å². The van der Waals surface area contributed by atoms with Gasteiger partial charge in [-0.25, -0.2) is 17.8 Å². The van der Waals surface area contributed by atoms with E-state index >= 15 is 0 Å². The largest absolute Gasteiger partial charge is 0.478 e. The van der Waals surface area contributed by atoms with Crippen LogP contribution in [0.5, 0.6) is 5.75 Å². The van der Waals surface area contributed by atoms with Crippen LogP contribution in [0.15, 0.2) is 47.5 Å². The van der Waals surface area contributed by atoms with Gasteiger partial charge in [-0.2, -0.15) is 0 Å². The number of carbonyl (C=O) groups is 1. The Morgan fingerprint density at radius 3 is 2.28 bits per heavy atom. The molecule has 2 unspecified atom stereocenters. The quantitative estimate of drug-likeness (QED) is 0.711. The van der Waals surface area contributed by atoms with Gasteiger partial charge in [0.05, 0.1) is 4.90 Å². The molecule has 172 valence electrons. The summed E-state index contributed by atoms with van der Waals surface area (Å²) in [6.07, 6.45) is 6.15. The number of hydrogen-bond donors (Lipinski definition) is 1. The molecule has 7 nitrogen and oxygen atoms in total. The highest BCUT2D eigenvalue weighted by Crippen LogP contribution is 2.39. The maximum Gasteiger partial charge on any atom is 0.263 e. The summed E-state index contributed by atoms with van der Waals surface area (Å²) in [5, 5.41) is 3.13. The van der Waals surface area contributed by atoms with Crippen LogP contribution in [0.1, 0.15) is 39.5 Å². The number of ether oxygens (including phenoxy) is 1. The average Bonchev–Trinajstić information content (AvgIpc) is 2.99. The maximum absolute atomic E-state index is 13.1. The van der Waals surface area contributed by atoms with Crippen molar-refractivity contribution in [2.24, 2.45) is 0 Å². The summed E-state index contributed by atoms with van der Waals surface area (Å²) in [5.41, 5.74) is -1.10. The van der Waals surface area contributed by atoms with E-state index in [4.69, 9.17) is 4.74 Å².